The lowest BCUT2D eigenvalue weighted by Crippen LogP contribution is -2.27. The molecule has 0 aliphatic rings. The molecule has 0 aliphatic heterocycles. The van der Waals surface area contributed by atoms with E-state index in [9.17, 15) is 4.79 Å². The molecule has 1 aromatic rings. The van der Waals surface area contributed by atoms with Gasteiger partial charge in [0.1, 0.15) is 0 Å². The van der Waals surface area contributed by atoms with Gasteiger partial charge in [-0.05, 0) is 50.3 Å². The highest BCUT2D eigenvalue weighted by Crippen LogP contribution is 2.18. The van der Waals surface area contributed by atoms with Gasteiger partial charge in [0, 0.05) is 6.42 Å². The van der Waals surface area contributed by atoms with Gasteiger partial charge in [0.25, 0.3) is 0 Å². The minimum absolute atomic E-state index is 0.0679. The van der Waals surface area contributed by atoms with Crippen LogP contribution in [0.4, 0.5) is 0 Å². The molecule has 3 N–H and O–H groups in total. The molecule has 3 nitrogen and oxygen atoms in total. The molecule has 0 aliphatic carbocycles. The van der Waals surface area contributed by atoms with E-state index in [1.807, 2.05) is 19.1 Å². The van der Waals surface area contributed by atoms with Crippen molar-refractivity contribution in [1.29, 1.82) is 0 Å². The van der Waals surface area contributed by atoms with Crippen LogP contribution in [0.1, 0.15) is 56.7 Å². The fourth-order valence-corrected chi connectivity index (χ4v) is 2.59. The van der Waals surface area contributed by atoms with Gasteiger partial charge in [-0.25, -0.2) is 0 Å². The molecule has 0 saturated carbocycles. The Morgan fingerprint density at radius 2 is 2.00 bits per heavy atom. The predicted molar refractivity (Wildman–Crippen MR) is 84.4 cm³/mol. The Labute approximate surface area is 122 Å². The molecular weight excluding hydrogens is 248 g/mol. The van der Waals surface area contributed by atoms with E-state index < -0.39 is 0 Å². The van der Waals surface area contributed by atoms with Crippen LogP contribution in [0.5, 0.6) is 0 Å². The largest absolute Gasteiger partial charge is 0.350 e. The van der Waals surface area contributed by atoms with Crippen molar-refractivity contribution in [3.63, 3.8) is 0 Å². The molecule has 20 heavy (non-hydrogen) atoms. The van der Waals surface area contributed by atoms with Gasteiger partial charge in [-0.1, -0.05) is 37.6 Å². The molecule has 2 atom stereocenters. The second-order valence-electron chi connectivity index (χ2n) is 5.54. The molecule has 1 rings (SSSR count). The summed E-state index contributed by atoms with van der Waals surface area (Å²) < 4.78 is 0. The minimum Gasteiger partial charge on any atom is -0.350 e. The number of aryl methyl sites for hydroxylation is 1. The van der Waals surface area contributed by atoms with E-state index in [0.29, 0.717) is 18.9 Å². The predicted octanol–water partition coefficient (Wildman–Crippen LogP) is 3.33. The molecule has 1 amide bonds. The van der Waals surface area contributed by atoms with Crippen molar-refractivity contribution < 1.29 is 4.79 Å². The third kappa shape index (κ3) is 5.33. The van der Waals surface area contributed by atoms with Crippen molar-refractivity contribution in [2.45, 2.75) is 52.5 Å². The summed E-state index contributed by atoms with van der Waals surface area (Å²) in [4.78, 5) is 12.0. The fourth-order valence-electron chi connectivity index (χ4n) is 2.59. The number of nitrogens with two attached hydrogens (primary N) is 1. The summed E-state index contributed by atoms with van der Waals surface area (Å²) in [6.07, 6.45) is 3.63. The minimum atomic E-state index is 0.0679. The SMILES string of the molecule is CCC(CCN)CCC(=O)N[C@@H](C)c1ccccc1C. The molecule has 0 saturated heterocycles. The number of carbonyl (C=O) groups is 1. The third-order valence-electron chi connectivity index (χ3n) is 3.96. The number of hydrogen-bond donors (Lipinski definition) is 2. The monoisotopic (exact) mass is 276 g/mol. The topological polar surface area (TPSA) is 55.1 Å². The lowest BCUT2D eigenvalue weighted by atomic mass is 9.96. The molecule has 1 aromatic carbocycles. The molecular formula is C17H28N2O. The lowest BCUT2D eigenvalue weighted by molar-refractivity contribution is -0.122. The number of nitrogens with one attached hydrogen (secondary N) is 1. The summed E-state index contributed by atoms with van der Waals surface area (Å²) in [7, 11) is 0. The van der Waals surface area contributed by atoms with E-state index in [1.54, 1.807) is 0 Å². The highest BCUT2D eigenvalue weighted by Gasteiger charge is 2.13. The van der Waals surface area contributed by atoms with Crippen LogP contribution in [-0.2, 0) is 4.79 Å². The van der Waals surface area contributed by atoms with Gasteiger partial charge in [-0.3, -0.25) is 4.79 Å². The summed E-state index contributed by atoms with van der Waals surface area (Å²) in [6, 6.07) is 8.25. The van der Waals surface area contributed by atoms with E-state index in [1.165, 1.54) is 11.1 Å². The van der Waals surface area contributed by atoms with Crippen molar-refractivity contribution in [3.8, 4) is 0 Å². The van der Waals surface area contributed by atoms with Crippen LogP contribution in [0.25, 0.3) is 0 Å². The van der Waals surface area contributed by atoms with E-state index in [-0.39, 0.29) is 11.9 Å². The molecule has 0 fully saturated rings. The van der Waals surface area contributed by atoms with Crippen molar-refractivity contribution in [2.75, 3.05) is 6.54 Å². The number of hydrogen-bond acceptors (Lipinski definition) is 2. The molecule has 0 heterocycles. The zero-order valence-corrected chi connectivity index (χ0v) is 13.0. The van der Waals surface area contributed by atoms with Gasteiger partial charge in [0.2, 0.25) is 5.91 Å². The van der Waals surface area contributed by atoms with Crippen LogP contribution in [0.15, 0.2) is 24.3 Å². The van der Waals surface area contributed by atoms with E-state index in [4.69, 9.17) is 5.73 Å². The van der Waals surface area contributed by atoms with Crippen molar-refractivity contribution in [3.05, 3.63) is 35.4 Å². The van der Waals surface area contributed by atoms with Gasteiger partial charge >= 0.3 is 0 Å². The third-order valence-corrected chi connectivity index (χ3v) is 3.96. The number of amides is 1. The van der Waals surface area contributed by atoms with Gasteiger partial charge in [-0.2, -0.15) is 0 Å². The summed E-state index contributed by atoms with van der Waals surface area (Å²) in [6.45, 7) is 6.98. The quantitative estimate of drug-likeness (QED) is 0.765. The Morgan fingerprint density at radius 1 is 1.30 bits per heavy atom. The van der Waals surface area contributed by atoms with Crippen LogP contribution in [-0.4, -0.2) is 12.5 Å². The molecule has 0 aromatic heterocycles. The first-order chi connectivity index (χ1) is 9.58. The first kappa shape index (κ1) is 16.7. The molecule has 3 heteroatoms. The smallest absolute Gasteiger partial charge is 0.220 e. The maximum absolute atomic E-state index is 12.0. The molecule has 0 spiro atoms. The maximum atomic E-state index is 12.0. The van der Waals surface area contributed by atoms with Gasteiger partial charge in [0.15, 0.2) is 0 Å². The van der Waals surface area contributed by atoms with Crippen molar-refractivity contribution in [1.82, 2.24) is 5.32 Å². The van der Waals surface area contributed by atoms with E-state index >= 15 is 0 Å². The van der Waals surface area contributed by atoms with Crippen LogP contribution in [0.3, 0.4) is 0 Å². The average molecular weight is 276 g/mol. The van der Waals surface area contributed by atoms with E-state index in [0.717, 1.165) is 19.3 Å². The van der Waals surface area contributed by atoms with Crippen LogP contribution in [0, 0.1) is 12.8 Å². The van der Waals surface area contributed by atoms with Gasteiger partial charge in [-0.15, -0.1) is 0 Å². The van der Waals surface area contributed by atoms with Crippen LogP contribution >= 0.6 is 0 Å². The highest BCUT2D eigenvalue weighted by molar-refractivity contribution is 5.76. The van der Waals surface area contributed by atoms with E-state index in [2.05, 4.69) is 31.3 Å². The highest BCUT2D eigenvalue weighted by atomic mass is 16.1. The summed E-state index contributed by atoms with van der Waals surface area (Å²) in [5, 5.41) is 3.09. The number of rotatable bonds is 8. The molecule has 0 bridgehead atoms. The van der Waals surface area contributed by atoms with Crippen LogP contribution < -0.4 is 11.1 Å². The lowest BCUT2D eigenvalue weighted by Gasteiger charge is -2.18. The Balaban J connectivity index is 2.44. The average Bonchev–Trinajstić information content (AvgIpc) is 2.43. The molecule has 0 radical (unpaired) electrons. The first-order valence-corrected chi connectivity index (χ1v) is 7.63. The number of carbonyl (C=O) groups excluding carboxylic acids is 1. The summed E-state index contributed by atoms with van der Waals surface area (Å²) in [5.74, 6) is 0.704. The Morgan fingerprint density at radius 3 is 2.60 bits per heavy atom. The standard InChI is InChI=1S/C17H28N2O/c1-4-15(11-12-18)9-10-17(20)19-14(3)16-8-6-5-7-13(16)2/h5-8,14-15H,4,9-12,18H2,1-3H3,(H,19,20)/t14-,15?/m0/s1. The number of benzene rings is 1. The fraction of sp³-hybridized carbons (Fsp3) is 0.588. The van der Waals surface area contributed by atoms with Crippen molar-refractivity contribution in [2.24, 2.45) is 11.7 Å². The second kappa shape index (κ2) is 8.75. The maximum Gasteiger partial charge on any atom is 0.220 e. The van der Waals surface area contributed by atoms with Crippen molar-refractivity contribution >= 4 is 5.91 Å². The summed E-state index contributed by atoms with van der Waals surface area (Å²) >= 11 is 0. The second-order valence-corrected chi connectivity index (χ2v) is 5.54. The first-order valence-electron chi connectivity index (χ1n) is 7.63. The zero-order chi connectivity index (χ0) is 15.0. The summed E-state index contributed by atoms with van der Waals surface area (Å²) in [5.41, 5.74) is 7.99. The van der Waals surface area contributed by atoms with Crippen LogP contribution in [0.2, 0.25) is 0 Å². The Bertz CT molecular complexity index is 417. The Kier molecular flexibility index (Phi) is 7.31. The zero-order valence-electron chi connectivity index (χ0n) is 13.0. The molecule has 112 valence electrons. The molecule has 1 unspecified atom stereocenters. The normalized spacial score (nSPS) is 13.8. The Hall–Kier alpha value is -1.35. The van der Waals surface area contributed by atoms with Gasteiger partial charge < -0.3 is 11.1 Å². The van der Waals surface area contributed by atoms with Gasteiger partial charge in [0.05, 0.1) is 6.04 Å².